The minimum Gasteiger partial charge on any atom is -0.309 e. The molecule has 1 aliphatic carbocycles. The fourth-order valence-electron chi connectivity index (χ4n) is 2.54. The summed E-state index contributed by atoms with van der Waals surface area (Å²) < 4.78 is 22.8. The Hall–Kier alpha value is -0.950. The van der Waals surface area contributed by atoms with E-state index in [0.29, 0.717) is 0 Å². The quantitative estimate of drug-likeness (QED) is 0.762. The third-order valence-corrected chi connectivity index (χ3v) is 4.92. The minimum absolute atomic E-state index is 0.101. The van der Waals surface area contributed by atoms with E-state index < -0.39 is 10.0 Å². The molecule has 118 valence electrons. The Morgan fingerprint density at radius 2 is 2.14 bits per heavy atom. The molecule has 1 unspecified atom stereocenters. The van der Waals surface area contributed by atoms with Gasteiger partial charge in [-0.1, -0.05) is 19.1 Å². The molecule has 1 aliphatic rings. The molecule has 0 amide bonds. The van der Waals surface area contributed by atoms with Crippen molar-refractivity contribution in [2.45, 2.75) is 43.7 Å². The van der Waals surface area contributed by atoms with Gasteiger partial charge < -0.3 is 5.32 Å². The summed E-state index contributed by atoms with van der Waals surface area (Å²) in [6.07, 6.45) is 2.64. The van der Waals surface area contributed by atoms with Crippen LogP contribution in [0.5, 0.6) is 0 Å². The molecule has 1 atom stereocenters. The van der Waals surface area contributed by atoms with Crippen LogP contribution in [0.2, 0.25) is 0 Å². The highest BCUT2D eigenvalue weighted by molar-refractivity contribution is 7.89. The third kappa shape index (κ3) is 4.78. The highest BCUT2D eigenvalue weighted by Gasteiger charge is 2.27. The fraction of sp³-hybridized carbons (Fsp3) is 0.600. The lowest BCUT2D eigenvalue weighted by molar-refractivity contribution is 0.273. The van der Waals surface area contributed by atoms with Crippen LogP contribution in [0, 0.1) is 0 Å². The lowest BCUT2D eigenvalue weighted by Gasteiger charge is -2.22. The van der Waals surface area contributed by atoms with Crippen LogP contribution < -0.4 is 10.5 Å². The van der Waals surface area contributed by atoms with Gasteiger partial charge in [0.2, 0.25) is 10.0 Å². The Bertz CT molecular complexity index is 570. The maximum atomic E-state index is 11.4. The minimum atomic E-state index is -3.64. The molecule has 2 rings (SSSR count). The summed E-state index contributed by atoms with van der Waals surface area (Å²) >= 11 is 0. The average Bonchev–Trinajstić information content (AvgIpc) is 3.27. The molecule has 3 N–H and O–H groups in total. The summed E-state index contributed by atoms with van der Waals surface area (Å²) in [5.74, 6) is 0. The Morgan fingerprint density at radius 1 is 1.43 bits per heavy atom. The number of nitrogens with zero attached hydrogens (tertiary/aromatic N) is 1. The first-order chi connectivity index (χ1) is 9.91. The Morgan fingerprint density at radius 3 is 2.71 bits per heavy atom. The maximum absolute atomic E-state index is 11.4. The van der Waals surface area contributed by atoms with Crippen LogP contribution in [0.3, 0.4) is 0 Å². The van der Waals surface area contributed by atoms with Gasteiger partial charge in [0.1, 0.15) is 0 Å². The van der Waals surface area contributed by atoms with Gasteiger partial charge in [-0.15, -0.1) is 0 Å². The van der Waals surface area contributed by atoms with E-state index in [2.05, 4.69) is 17.1 Å². The molecule has 0 aromatic heterocycles. The summed E-state index contributed by atoms with van der Waals surface area (Å²) in [6, 6.07) is 7.70. The van der Waals surface area contributed by atoms with E-state index in [0.717, 1.165) is 31.2 Å². The van der Waals surface area contributed by atoms with Gasteiger partial charge in [-0.25, -0.2) is 13.6 Å². The number of primary sulfonamides is 1. The van der Waals surface area contributed by atoms with Crippen molar-refractivity contribution < 1.29 is 8.42 Å². The van der Waals surface area contributed by atoms with Crippen molar-refractivity contribution >= 4 is 10.0 Å². The number of sulfonamides is 1. The first kappa shape index (κ1) is 16.4. The molecule has 0 heterocycles. The highest BCUT2D eigenvalue weighted by atomic mass is 32.2. The van der Waals surface area contributed by atoms with Crippen molar-refractivity contribution in [3.63, 3.8) is 0 Å². The van der Waals surface area contributed by atoms with Gasteiger partial charge >= 0.3 is 0 Å². The Balaban J connectivity index is 1.89. The van der Waals surface area contributed by atoms with Crippen LogP contribution >= 0.6 is 0 Å². The predicted octanol–water partition coefficient (Wildman–Crippen LogP) is 1.47. The second-order valence-corrected chi connectivity index (χ2v) is 7.21. The molecule has 5 nitrogen and oxygen atoms in total. The maximum Gasteiger partial charge on any atom is 0.238 e. The second kappa shape index (κ2) is 6.87. The predicted molar refractivity (Wildman–Crippen MR) is 84.5 cm³/mol. The summed E-state index contributed by atoms with van der Waals surface area (Å²) in [6.45, 7) is 7.24. The number of benzene rings is 1. The van der Waals surface area contributed by atoms with Crippen molar-refractivity contribution in [1.29, 1.82) is 0 Å². The van der Waals surface area contributed by atoms with Gasteiger partial charge in [0.05, 0.1) is 4.90 Å². The van der Waals surface area contributed by atoms with Crippen LogP contribution in [0.25, 0.3) is 0 Å². The van der Waals surface area contributed by atoms with E-state index in [1.807, 2.05) is 13.0 Å². The topological polar surface area (TPSA) is 75.4 Å². The summed E-state index contributed by atoms with van der Waals surface area (Å²) in [7, 11) is -3.64. The lowest BCUT2D eigenvalue weighted by Crippen LogP contribution is -2.34. The molecule has 0 aliphatic heterocycles. The number of nitrogens with one attached hydrogen (secondary N) is 1. The van der Waals surface area contributed by atoms with Gasteiger partial charge in [-0.05, 0) is 44.0 Å². The molecule has 0 saturated heterocycles. The van der Waals surface area contributed by atoms with E-state index >= 15 is 0 Å². The van der Waals surface area contributed by atoms with E-state index in [9.17, 15) is 8.42 Å². The SMILES string of the molecule is CCN(CCNC(C)c1cccc(S(N)(=O)=O)c1)C1CC1. The molecule has 1 aromatic rings. The lowest BCUT2D eigenvalue weighted by atomic mass is 10.1. The number of likely N-dealkylation sites (N-methyl/N-ethyl adjacent to an activating group) is 1. The van der Waals surface area contributed by atoms with Crippen LogP contribution in [0.15, 0.2) is 29.2 Å². The van der Waals surface area contributed by atoms with Gasteiger partial charge in [0.15, 0.2) is 0 Å². The molecule has 0 bridgehead atoms. The number of rotatable bonds is 8. The van der Waals surface area contributed by atoms with E-state index in [4.69, 9.17) is 5.14 Å². The Kier molecular flexibility index (Phi) is 5.37. The van der Waals surface area contributed by atoms with Crippen LogP contribution in [0.1, 0.15) is 38.3 Å². The number of hydrogen-bond donors (Lipinski definition) is 2. The van der Waals surface area contributed by atoms with Gasteiger partial charge in [0.25, 0.3) is 0 Å². The average molecular weight is 311 g/mol. The van der Waals surface area contributed by atoms with Crippen molar-refractivity contribution in [3.8, 4) is 0 Å². The van der Waals surface area contributed by atoms with Crippen molar-refractivity contribution in [3.05, 3.63) is 29.8 Å². The van der Waals surface area contributed by atoms with Crippen molar-refractivity contribution in [2.24, 2.45) is 5.14 Å². The van der Waals surface area contributed by atoms with Gasteiger partial charge in [-0.2, -0.15) is 0 Å². The molecule has 21 heavy (non-hydrogen) atoms. The van der Waals surface area contributed by atoms with Gasteiger partial charge in [-0.3, -0.25) is 4.90 Å². The monoisotopic (exact) mass is 311 g/mol. The first-order valence-corrected chi connectivity index (χ1v) is 9.06. The van der Waals surface area contributed by atoms with Crippen LogP contribution in [0.4, 0.5) is 0 Å². The molecule has 1 fully saturated rings. The van der Waals surface area contributed by atoms with Gasteiger partial charge in [0, 0.05) is 25.2 Å². The summed E-state index contributed by atoms with van der Waals surface area (Å²) in [4.78, 5) is 2.65. The van der Waals surface area contributed by atoms with E-state index in [1.165, 1.54) is 18.9 Å². The van der Waals surface area contributed by atoms with Crippen LogP contribution in [-0.2, 0) is 10.0 Å². The second-order valence-electron chi connectivity index (χ2n) is 5.65. The number of hydrogen-bond acceptors (Lipinski definition) is 4. The zero-order chi connectivity index (χ0) is 15.5. The molecule has 6 heteroatoms. The molecular weight excluding hydrogens is 286 g/mol. The summed E-state index contributed by atoms with van der Waals surface area (Å²) in [5, 5.41) is 8.62. The number of nitrogens with two attached hydrogens (primary N) is 1. The molecule has 0 radical (unpaired) electrons. The van der Waals surface area contributed by atoms with E-state index in [1.54, 1.807) is 12.1 Å². The standard InChI is InChI=1S/C15H25N3O2S/c1-3-18(14-7-8-14)10-9-17-12(2)13-5-4-6-15(11-13)21(16,19)20/h4-6,11-12,14,17H,3,7-10H2,1-2H3,(H2,16,19,20). The third-order valence-electron chi connectivity index (χ3n) is 4.01. The van der Waals surface area contributed by atoms with Crippen molar-refractivity contribution in [2.75, 3.05) is 19.6 Å². The largest absolute Gasteiger partial charge is 0.309 e. The molecule has 1 saturated carbocycles. The highest BCUT2D eigenvalue weighted by Crippen LogP contribution is 2.26. The zero-order valence-electron chi connectivity index (χ0n) is 12.7. The molecule has 0 spiro atoms. The smallest absolute Gasteiger partial charge is 0.238 e. The normalized spacial score (nSPS) is 17.1. The first-order valence-electron chi connectivity index (χ1n) is 7.52. The molecule has 1 aromatic carbocycles. The Labute approximate surface area is 127 Å². The van der Waals surface area contributed by atoms with Crippen LogP contribution in [-0.4, -0.2) is 39.0 Å². The fourth-order valence-corrected chi connectivity index (χ4v) is 3.11. The summed E-state index contributed by atoms with van der Waals surface area (Å²) in [5.41, 5.74) is 0.941. The van der Waals surface area contributed by atoms with E-state index in [-0.39, 0.29) is 10.9 Å². The molecular formula is C15H25N3O2S. The van der Waals surface area contributed by atoms with Crippen molar-refractivity contribution in [1.82, 2.24) is 10.2 Å². The zero-order valence-corrected chi connectivity index (χ0v) is 13.6.